The number of hydrogen-bond acceptors (Lipinski definition) is 5. The predicted octanol–water partition coefficient (Wildman–Crippen LogP) is 5.27. The number of hydrogen-bond donors (Lipinski definition) is 0. The van der Waals surface area contributed by atoms with Crippen molar-refractivity contribution in [2.24, 2.45) is 4.99 Å². The fourth-order valence-electron chi connectivity index (χ4n) is 2.73. The van der Waals surface area contributed by atoms with Gasteiger partial charge in [0.05, 0.1) is 17.2 Å². The van der Waals surface area contributed by atoms with Crippen molar-refractivity contribution in [1.82, 2.24) is 4.90 Å². The summed E-state index contributed by atoms with van der Waals surface area (Å²) in [4.78, 5) is 19.8. The molecule has 3 rings (SSSR count). The Labute approximate surface area is 175 Å². The van der Waals surface area contributed by atoms with Crippen molar-refractivity contribution >= 4 is 34.6 Å². The molecule has 1 amide bonds. The maximum atomic E-state index is 12.8. The average Bonchev–Trinajstić information content (AvgIpc) is 3.03. The highest BCUT2D eigenvalue weighted by Crippen LogP contribution is 2.34. The zero-order chi connectivity index (χ0) is 20.6. The van der Waals surface area contributed by atoms with Crippen LogP contribution >= 0.6 is 11.8 Å². The molecule has 1 fully saturated rings. The van der Waals surface area contributed by atoms with Crippen molar-refractivity contribution in [3.63, 3.8) is 0 Å². The predicted molar refractivity (Wildman–Crippen MR) is 120 cm³/mol. The lowest BCUT2D eigenvalue weighted by Crippen LogP contribution is -2.28. The van der Waals surface area contributed by atoms with Gasteiger partial charge in [0, 0.05) is 6.54 Å². The molecule has 0 saturated carbocycles. The van der Waals surface area contributed by atoms with Gasteiger partial charge in [-0.2, -0.15) is 0 Å². The summed E-state index contributed by atoms with van der Waals surface area (Å²) in [5.74, 6) is 1.54. The van der Waals surface area contributed by atoms with Crippen LogP contribution < -0.4 is 9.47 Å². The van der Waals surface area contributed by atoms with E-state index < -0.39 is 0 Å². The van der Waals surface area contributed by atoms with Crippen molar-refractivity contribution in [3.8, 4) is 11.5 Å². The van der Waals surface area contributed by atoms with E-state index in [2.05, 4.69) is 11.6 Å². The second kappa shape index (κ2) is 9.98. The molecule has 0 N–H and O–H groups in total. The number of thioether (sulfide) groups is 1. The van der Waals surface area contributed by atoms with E-state index >= 15 is 0 Å². The summed E-state index contributed by atoms with van der Waals surface area (Å²) in [6.45, 7) is 9.18. The van der Waals surface area contributed by atoms with E-state index in [1.807, 2.05) is 68.5 Å². The van der Waals surface area contributed by atoms with Crippen LogP contribution in [-0.4, -0.2) is 35.7 Å². The normalized spacial score (nSPS) is 16.5. The Morgan fingerprint density at radius 2 is 1.69 bits per heavy atom. The molecule has 2 aromatic rings. The molecule has 0 bridgehead atoms. The highest BCUT2D eigenvalue weighted by atomic mass is 32.2. The summed E-state index contributed by atoms with van der Waals surface area (Å²) >= 11 is 1.39. The van der Waals surface area contributed by atoms with Crippen molar-refractivity contribution in [2.75, 3.05) is 19.8 Å². The summed E-state index contributed by atoms with van der Waals surface area (Å²) < 4.78 is 11.0. The highest BCUT2D eigenvalue weighted by Gasteiger charge is 2.32. The summed E-state index contributed by atoms with van der Waals surface area (Å²) in [7, 11) is 0. The smallest absolute Gasteiger partial charge is 0.266 e. The molecule has 0 aromatic heterocycles. The first-order chi connectivity index (χ1) is 14.1. The number of rotatable bonds is 8. The van der Waals surface area contributed by atoms with Gasteiger partial charge < -0.3 is 9.47 Å². The van der Waals surface area contributed by atoms with Gasteiger partial charge in [0.1, 0.15) is 18.1 Å². The topological polar surface area (TPSA) is 51.1 Å². The van der Waals surface area contributed by atoms with Gasteiger partial charge in [-0.15, -0.1) is 0 Å². The van der Waals surface area contributed by atoms with E-state index in [0.717, 1.165) is 22.7 Å². The van der Waals surface area contributed by atoms with Crippen molar-refractivity contribution in [3.05, 3.63) is 71.7 Å². The Morgan fingerprint density at radius 1 is 1.03 bits per heavy atom. The molecule has 1 aliphatic rings. The number of amides is 1. The van der Waals surface area contributed by atoms with Crippen LogP contribution in [0.2, 0.25) is 0 Å². The van der Waals surface area contributed by atoms with Crippen LogP contribution in [0.25, 0.3) is 6.08 Å². The largest absolute Gasteiger partial charge is 0.494 e. The number of carbonyl (C=O) groups is 1. The molecule has 5 nitrogen and oxygen atoms in total. The summed E-state index contributed by atoms with van der Waals surface area (Å²) in [6, 6.07) is 15.2. The standard InChI is InChI=1S/C23H24N2O3S/c1-4-15-28-20-11-7-17(8-12-20)16-21-22(26)25(5-2)23(29-21)24-18-9-13-19(14-10-18)27-6-3/h4,7-14,16H,1,5-6,15H2,2-3H3/b21-16-,24-23?. The maximum Gasteiger partial charge on any atom is 0.266 e. The van der Waals surface area contributed by atoms with E-state index in [-0.39, 0.29) is 5.91 Å². The fraction of sp³-hybridized carbons (Fsp3) is 0.217. The monoisotopic (exact) mass is 408 g/mol. The number of nitrogens with zero attached hydrogens (tertiary/aromatic N) is 2. The number of benzene rings is 2. The van der Waals surface area contributed by atoms with E-state index in [1.165, 1.54) is 11.8 Å². The van der Waals surface area contributed by atoms with Gasteiger partial charge >= 0.3 is 0 Å². The van der Waals surface area contributed by atoms with Gasteiger partial charge in [-0.1, -0.05) is 24.8 Å². The van der Waals surface area contributed by atoms with Crippen LogP contribution in [0.4, 0.5) is 5.69 Å². The van der Waals surface area contributed by atoms with Crippen LogP contribution in [0.15, 0.2) is 71.1 Å². The maximum absolute atomic E-state index is 12.8. The SMILES string of the molecule is C=CCOc1ccc(/C=C2\SC(=Nc3ccc(OCC)cc3)N(CC)C2=O)cc1. The molecule has 29 heavy (non-hydrogen) atoms. The minimum absolute atomic E-state index is 0.0332. The molecule has 0 aliphatic carbocycles. The lowest BCUT2D eigenvalue weighted by atomic mass is 10.2. The Morgan fingerprint density at radius 3 is 2.31 bits per heavy atom. The van der Waals surface area contributed by atoms with Crippen LogP contribution in [0, 0.1) is 0 Å². The molecule has 2 aromatic carbocycles. The molecule has 1 heterocycles. The second-order valence-electron chi connectivity index (χ2n) is 6.15. The number of likely N-dealkylation sites (N-methyl/N-ethyl adjacent to an activating group) is 1. The Bertz CT molecular complexity index is 918. The Kier molecular flexibility index (Phi) is 7.14. The molecular formula is C23H24N2O3S. The van der Waals surface area contributed by atoms with E-state index in [1.54, 1.807) is 11.0 Å². The molecule has 0 radical (unpaired) electrons. The minimum Gasteiger partial charge on any atom is -0.494 e. The highest BCUT2D eigenvalue weighted by molar-refractivity contribution is 8.18. The third-order valence-corrected chi connectivity index (χ3v) is 5.13. The first-order valence-corrected chi connectivity index (χ1v) is 10.3. The molecule has 1 saturated heterocycles. The number of amidine groups is 1. The van der Waals surface area contributed by atoms with Gasteiger partial charge in [-0.05, 0) is 73.6 Å². The quantitative estimate of drug-likeness (QED) is 0.441. The van der Waals surface area contributed by atoms with Gasteiger partial charge in [0.15, 0.2) is 5.17 Å². The minimum atomic E-state index is -0.0332. The average molecular weight is 409 g/mol. The Balaban J connectivity index is 1.79. The molecule has 6 heteroatoms. The van der Waals surface area contributed by atoms with E-state index in [4.69, 9.17) is 9.47 Å². The van der Waals surface area contributed by atoms with Crippen LogP contribution in [0.1, 0.15) is 19.4 Å². The summed E-state index contributed by atoms with van der Waals surface area (Å²) in [6.07, 6.45) is 3.59. The van der Waals surface area contributed by atoms with Gasteiger partial charge in [0.2, 0.25) is 0 Å². The summed E-state index contributed by atoms with van der Waals surface area (Å²) in [5, 5.41) is 0.679. The first-order valence-electron chi connectivity index (χ1n) is 9.51. The first kappa shape index (κ1) is 20.7. The number of carbonyl (C=O) groups excluding carboxylic acids is 1. The molecule has 1 aliphatic heterocycles. The lowest BCUT2D eigenvalue weighted by Gasteiger charge is -2.12. The van der Waals surface area contributed by atoms with Crippen molar-refractivity contribution in [2.45, 2.75) is 13.8 Å². The fourth-order valence-corrected chi connectivity index (χ4v) is 3.79. The zero-order valence-corrected chi connectivity index (χ0v) is 17.4. The number of ether oxygens (including phenoxy) is 2. The Hall–Kier alpha value is -2.99. The van der Waals surface area contributed by atoms with Gasteiger partial charge in [0.25, 0.3) is 5.91 Å². The van der Waals surface area contributed by atoms with Crippen molar-refractivity contribution < 1.29 is 14.3 Å². The lowest BCUT2D eigenvalue weighted by molar-refractivity contribution is -0.122. The van der Waals surface area contributed by atoms with Crippen molar-refractivity contribution in [1.29, 1.82) is 0 Å². The molecular weight excluding hydrogens is 384 g/mol. The molecule has 0 spiro atoms. The number of aliphatic imine (C=N–C) groups is 1. The van der Waals surface area contributed by atoms with Crippen LogP contribution in [-0.2, 0) is 4.79 Å². The molecule has 0 unspecified atom stereocenters. The third kappa shape index (κ3) is 5.29. The van der Waals surface area contributed by atoms with E-state index in [0.29, 0.717) is 29.8 Å². The zero-order valence-electron chi connectivity index (χ0n) is 16.6. The van der Waals surface area contributed by atoms with Crippen LogP contribution in [0.5, 0.6) is 11.5 Å². The van der Waals surface area contributed by atoms with E-state index in [9.17, 15) is 4.79 Å². The van der Waals surface area contributed by atoms with Gasteiger partial charge in [-0.25, -0.2) is 4.99 Å². The van der Waals surface area contributed by atoms with Gasteiger partial charge in [-0.3, -0.25) is 9.69 Å². The second-order valence-corrected chi connectivity index (χ2v) is 7.16. The molecule has 150 valence electrons. The summed E-state index contributed by atoms with van der Waals surface area (Å²) in [5.41, 5.74) is 1.72. The molecule has 0 atom stereocenters. The third-order valence-electron chi connectivity index (χ3n) is 4.12. The van der Waals surface area contributed by atoms with Crippen LogP contribution in [0.3, 0.4) is 0 Å².